The summed E-state index contributed by atoms with van der Waals surface area (Å²) in [6.07, 6.45) is 3.33. The second-order valence-electron chi connectivity index (χ2n) is 6.60. The lowest BCUT2D eigenvalue weighted by Gasteiger charge is -2.21. The van der Waals surface area contributed by atoms with Gasteiger partial charge in [0.1, 0.15) is 0 Å². The first-order chi connectivity index (χ1) is 10.3. The lowest BCUT2D eigenvalue weighted by atomic mass is 9.92. The van der Waals surface area contributed by atoms with Crippen LogP contribution in [-0.2, 0) is 6.42 Å². The van der Waals surface area contributed by atoms with Gasteiger partial charge in [0.05, 0.1) is 0 Å². The van der Waals surface area contributed by atoms with Gasteiger partial charge in [0.25, 0.3) is 5.91 Å². The number of hydrogen-bond donors (Lipinski definition) is 2. The number of fused-ring (bicyclic) bond motifs is 2. The summed E-state index contributed by atoms with van der Waals surface area (Å²) >= 11 is 0. The molecule has 0 unspecified atom stereocenters. The molecule has 0 saturated carbocycles. The van der Waals surface area contributed by atoms with E-state index in [0.717, 1.165) is 69.4 Å². The number of likely N-dealkylation sites (tertiary alicyclic amines) is 1. The molecule has 0 aromatic heterocycles. The van der Waals surface area contributed by atoms with Crippen LogP contribution in [0.3, 0.4) is 0 Å². The number of anilines is 1. The number of nitrogens with zero attached hydrogens (tertiary/aromatic N) is 1. The van der Waals surface area contributed by atoms with Crippen LogP contribution in [0.2, 0.25) is 0 Å². The first kappa shape index (κ1) is 18.4. The first-order valence-electron chi connectivity index (χ1n) is 8.18. The van der Waals surface area contributed by atoms with Gasteiger partial charge in [-0.15, -0.1) is 24.8 Å². The molecule has 3 heterocycles. The lowest BCUT2D eigenvalue weighted by molar-refractivity contribution is 0.0758. The third-order valence-electron chi connectivity index (χ3n) is 5.37. The zero-order valence-corrected chi connectivity index (χ0v) is 14.8. The molecular formula is C17H25Cl2N3O. The molecule has 2 saturated heterocycles. The van der Waals surface area contributed by atoms with Crippen LogP contribution in [0.25, 0.3) is 0 Å². The number of carbonyl (C=O) groups is 1. The van der Waals surface area contributed by atoms with Crippen LogP contribution in [0.1, 0.15) is 28.8 Å². The predicted molar refractivity (Wildman–Crippen MR) is 98.1 cm³/mol. The van der Waals surface area contributed by atoms with Gasteiger partial charge in [-0.2, -0.15) is 0 Å². The maximum atomic E-state index is 12.8. The summed E-state index contributed by atoms with van der Waals surface area (Å²) in [4.78, 5) is 14.8. The largest absolute Gasteiger partial charge is 0.384 e. The number of benzene rings is 1. The number of halogens is 2. The van der Waals surface area contributed by atoms with E-state index in [-0.39, 0.29) is 30.7 Å². The van der Waals surface area contributed by atoms with E-state index >= 15 is 0 Å². The fraction of sp³-hybridized carbons (Fsp3) is 0.588. The Balaban J connectivity index is 0.000000960. The second-order valence-corrected chi connectivity index (χ2v) is 6.60. The van der Waals surface area contributed by atoms with Crippen LogP contribution in [0.4, 0.5) is 5.69 Å². The van der Waals surface area contributed by atoms with Crippen LogP contribution in [0.15, 0.2) is 18.2 Å². The van der Waals surface area contributed by atoms with Crippen molar-refractivity contribution in [3.05, 3.63) is 29.3 Å². The van der Waals surface area contributed by atoms with Crippen LogP contribution >= 0.6 is 24.8 Å². The summed E-state index contributed by atoms with van der Waals surface area (Å²) in [6, 6.07) is 6.13. The number of carbonyl (C=O) groups excluding carboxylic acids is 1. The Labute approximate surface area is 150 Å². The summed E-state index contributed by atoms with van der Waals surface area (Å²) < 4.78 is 0. The number of nitrogens with one attached hydrogen (secondary N) is 2. The van der Waals surface area contributed by atoms with E-state index in [0.29, 0.717) is 0 Å². The summed E-state index contributed by atoms with van der Waals surface area (Å²) in [5.41, 5.74) is 3.35. The van der Waals surface area contributed by atoms with Crippen molar-refractivity contribution in [2.24, 2.45) is 11.8 Å². The van der Waals surface area contributed by atoms with Gasteiger partial charge < -0.3 is 15.5 Å². The van der Waals surface area contributed by atoms with Gasteiger partial charge in [0.15, 0.2) is 0 Å². The van der Waals surface area contributed by atoms with E-state index in [1.165, 1.54) is 11.3 Å². The van der Waals surface area contributed by atoms with Crippen molar-refractivity contribution >= 4 is 36.4 Å². The van der Waals surface area contributed by atoms with Gasteiger partial charge in [-0.1, -0.05) is 0 Å². The Kier molecular flexibility index (Phi) is 6.18. The summed E-state index contributed by atoms with van der Waals surface area (Å²) in [5.74, 6) is 1.76. The zero-order valence-electron chi connectivity index (χ0n) is 13.2. The summed E-state index contributed by atoms with van der Waals surface area (Å²) in [7, 11) is 0. The molecule has 2 atom stereocenters. The fourth-order valence-corrected chi connectivity index (χ4v) is 4.04. The van der Waals surface area contributed by atoms with Crippen LogP contribution < -0.4 is 10.6 Å². The van der Waals surface area contributed by atoms with E-state index in [1.807, 2.05) is 6.07 Å². The highest BCUT2D eigenvalue weighted by Gasteiger charge is 2.31. The molecule has 1 amide bonds. The maximum Gasteiger partial charge on any atom is 0.253 e. The highest BCUT2D eigenvalue weighted by atomic mass is 35.5. The Morgan fingerprint density at radius 1 is 1.09 bits per heavy atom. The van der Waals surface area contributed by atoms with Crippen molar-refractivity contribution in [1.29, 1.82) is 0 Å². The molecule has 128 valence electrons. The molecule has 3 aliphatic heterocycles. The molecule has 6 heteroatoms. The molecule has 3 aliphatic rings. The minimum absolute atomic E-state index is 0. The van der Waals surface area contributed by atoms with Gasteiger partial charge in [0, 0.05) is 30.9 Å². The minimum atomic E-state index is 0. The quantitative estimate of drug-likeness (QED) is 0.811. The first-order valence-corrected chi connectivity index (χ1v) is 8.18. The third kappa shape index (κ3) is 3.59. The monoisotopic (exact) mass is 357 g/mol. The van der Waals surface area contributed by atoms with Crippen LogP contribution in [0, 0.1) is 11.8 Å². The van der Waals surface area contributed by atoms with Gasteiger partial charge in [-0.3, -0.25) is 4.79 Å². The Morgan fingerprint density at radius 3 is 2.48 bits per heavy atom. The van der Waals surface area contributed by atoms with Gasteiger partial charge in [0.2, 0.25) is 0 Å². The van der Waals surface area contributed by atoms with E-state index < -0.39 is 0 Å². The zero-order chi connectivity index (χ0) is 14.2. The molecule has 0 radical (unpaired) electrons. The predicted octanol–water partition coefficient (Wildman–Crippen LogP) is 2.57. The van der Waals surface area contributed by atoms with Crippen molar-refractivity contribution in [2.45, 2.75) is 19.3 Å². The molecule has 2 fully saturated rings. The van der Waals surface area contributed by atoms with E-state index in [9.17, 15) is 4.79 Å². The topological polar surface area (TPSA) is 44.4 Å². The van der Waals surface area contributed by atoms with Crippen molar-refractivity contribution in [1.82, 2.24) is 10.2 Å². The molecule has 4 nitrogen and oxygen atoms in total. The Hall–Kier alpha value is -0.970. The van der Waals surface area contributed by atoms with E-state index in [1.54, 1.807) is 0 Å². The average Bonchev–Trinajstić information content (AvgIpc) is 3.11. The second kappa shape index (κ2) is 7.73. The molecule has 0 aliphatic carbocycles. The lowest BCUT2D eigenvalue weighted by Crippen LogP contribution is -2.32. The number of amides is 1. The molecule has 2 N–H and O–H groups in total. The number of hydrogen-bond acceptors (Lipinski definition) is 3. The molecule has 0 bridgehead atoms. The van der Waals surface area contributed by atoms with Gasteiger partial charge in [-0.05, 0) is 68.0 Å². The van der Waals surface area contributed by atoms with Gasteiger partial charge >= 0.3 is 0 Å². The fourth-order valence-electron chi connectivity index (χ4n) is 4.04. The van der Waals surface area contributed by atoms with Crippen LogP contribution in [0.5, 0.6) is 0 Å². The Morgan fingerprint density at radius 2 is 1.78 bits per heavy atom. The highest BCUT2D eigenvalue weighted by molar-refractivity contribution is 5.95. The number of rotatable bonds is 1. The molecule has 1 aromatic carbocycles. The normalized spacial score (nSPS) is 25.3. The van der Waals surface area contributed by atoms with Crippen molar-refractivity contribution in [3.8, 4) is 0 Å². The highest BCUT2D eigenvalue weighted by Crippen LogP contribution is 2.28. The molecule has 1 aromatic rings. The maximum absolute atomic E-state index is 12.8. The van der Waals surface area contributed by atoms with E-state index in [4.69, 9.17) is 0 Å². The smallest absolute Gasteiger partial charge is 0.253 e. The van der Waals surface area contributed by atoms with Crippen molar-refractivity contribution < 1.29 is 4.79 Å². The van der Waals surface area contributed by atoms with Crippen molar-refractivity contribution in [3.63, 3.8) is 0 Å². The van der Waals surface area contributed by atoms with Crippen LogP contribution in [-0.4, -0.2) is 43.5 Å². The SMILES string of the molecule is Cl.Cl.O=C(c1ccc2c(c1)CCN2)N1CC[C@@H]2CNC[C@@H]2CC1. The molecular weight excluding hydrogens is 333 g/mol. The molecule has 0 spiro atoms. The minimum Gasteiger partial charge on any atom is -0.384 e. The Bertz CT molecular complexity index is 553. The summed E-state index contributed by atoms with van der Waals surface area (Å²) in [5, 5.41) is 6.84. The summed E-state index contributed by atoms with van der Waals surface area (Å²) in [6.45, 7) is 5.09. The average molecular weight is 358 g/mol. The van der Waals surface area contributed by atoms with Crippen molar-refractivity contribution in [2.75, 3.05) is 38.0 Å². The van der Waals surface area contributed by atoms with Gasteiger partial charge in [-0.25, -0.2) is 0 Å². The van der Waals surface area contributed by atoms with E-state index in [2.05, 4.69) is 27.7 Å². The third-order valence-corrected chi connectivity index (χ3v) is 5.37. The molecule has 4 rings (SSSR count). The molecule has 23 heavy (non-hydrogen) atoms. The standard InChI is InChI=1S/C17H23N3O.2ClH/c21-17(13-1-2-16-12(9-13)3-6-19-16)20-7-4-14-10-18-11-15(14)5-8-20;;/h1-2,9,14-15,18-19H,3-8,10-11H2;2*1H/t14-,15+;;.